The molecule has 0 aliphatic carbocycles. The van der Waals surface area contributed by atoms with Gasteiger partial charge in [0.1, 0.15) is 0 Å². The molecule has 0 radical (unpaired) electrons. The van der Waals surface area contributed by atoms with E-state index in [0.29, 0.717) is 0 Å². The Bertz CT molecular complexity index is 570. The fourth-order valence-electron chi connectivity index (χ4n) is 1.93. The Hall–Kier alpha value is -1.87. The monoisotopic (exact) mass is 285 g/mol. The van der Waals surface area contributed by atoms with Crippen LogP contribution in [0.4, 0.5) is 0 Å². The average Bonchev–Trinajstić information content (AvgIpc) is 2.98. The number of benzene rings is 1. The SMILES string of the molecule is CCc1ccc(C(C)NC(=O)/C=C/c2ccsc2)cc1. The minimum absolute atomic E-state index is 0.0144. The minimum Gasteiger partial charge on any atom is -0.346 e. The van der Waals surface area contributed by atoms with Crippen LogP contribution < -0.4 is 5.32 Å². The molecule has 1 amide bonds. The van der Waals surface area contributed by atoms with E-state index in [9.17, 15) is 4.79 Å². The summed E-state index contributed by atoms with van der Waals surface area (Å²) in [5.74, 6) is -0.0664. The van der Waals surface area contributed by atoms with Gasteiger partial charge in [0.05, 0.1) is 6.04 Å². The van der Waals surface area contributed by atoms with E-state index in [0.717, 1.165) is 17.5 Å². The number of carbonyl (C=O) groups excluding carboxylic acids is 1. The van der Waals surface area contributed by atoms with Gasteiger partial charge in [-0.2, -0.15) is 11.3 Å². The summed E-state index contributed by atoms with van der Waals surface area (Å²) in [4.78, 5) is 11.9. The van der Waals surface area contributed by atoms with Crippen molar-refractivity contribution in [2.24, 2.45) is 0 Å². The predicted molar refractivity (Wildman–Crippen MR) is 85.7 cm³/mol. The first-order valence-electron chi connectivity index (χ1n) is 6.78. The third kappa shape index (κ3) is 4.07. The first kappa shape index (κ1) is 14.5. The van der Waals surface area contributed by atoms with Gasteiger partial charge in [0.15, 0.2) is 0 Å². The van der Waals surface area contributed by atoms with Crippen molar-refractivity contribution in [3.05, 3.63) is 63.9 Å². The molecule has 2 aromatic rings. The zero-order valence-corrected chi connectivity index (χ0v) is 12.6. The average molecular weight is 285 g/mol. The van der Waals surface area contributed by atoms with Gasteiger partial charge < -0.3 is 5.32 Å². The normalized spacial score (nSPS) is 12.5. The van der Waals surface area contributed by atoms with E-state index in [-0.39, 0.29) is 11.9 Å². The van der Waals surface area contributed by atoms with Crippen LogP contribution in [0.3, 0.4) is 0 Å². The third-order valence-corrected chi connectivity index (χ3v) is 3.92. The van der Waals surface area contributed by atoms with Gasteiger partial charge in [-0.15, -0.1) is 0 Å². The van der Waals surface area contributed by atoms with Gasteiger partial charge in [-0.1, -0.05) is 31.2 Å². The van der Waals surface area contributed by atoms with Crippen molar-refractivity contribution in [2.75, 3.05) is 0 Å². The maximum Gasteiger partial charge on any atom is 0.244 e. The standard InChI is InChI=1S/C17H19NOS/c1-3-14-4-7-16(8-5-14)13(2)18-17(19)9-6-15-10-11-20-12-15/h4-13H,3H2,1-2H3,(H,18,19)/b9-6+. The van der Waals surface area contributed by atoms with Gasteiger partial charge in [-0.25, -0.2) is 0 Å². The van der Waals surface area contributed by atoms with Crippen LogP contribution >= 0.6 is 11.3 Å². The van der Waals surface area contributed by atoms with Crippen molar-refractivity contribution in [1.82, 2.24) is 5.32 Å². The van der Waals surface area contributed by atoms with Gasteiger partial charge in [0.2, 0.25) is 5.91 Å². The van der Waals surface area contributed by atoms with Crippen molar-refractivity contribution >= 4 is 23.3 Å². The fourth-order valence-corrected chi connectivity index (χ4v) is 2.56. The van der Waals surface area contributed by atoms with E-state index < -0.39 is 0 Å². The molecule has 2 nitrogen and oxygen atoms in total. The van der Waals surface area contributed by atoms with Gasteiger partial charge >= 0.3 is 0 Å². The van der Waals surface area contributed by atoms with E-state index in [4.69, 9.17) is 0 Å². The maximum absolute atomic E-state index is 11.9. The number of amides is 1. The molecule has 2 rings (SSSR count). The molecule has 0 saturated carbocycles. The lowest BCUT2D eigenvalue weighted by atomic mass is 10.1. The van der Waals surface area contributed by atoms with Crippen molar-refractivity contribution in [2.45, 2.75) is 26.3 Å². The Morgan fingerprint density at radius 1 is 1.30 bits per heavy atom. The van der Waals surface area contributed by atoms with E-state index >= 15 is 0 Å². The number of carbonyl (C=O) groups is 1. The highest BCUT2D eigenvalue weighted by Gasteiger charge is 2.07. The highest BCUT2D eigenvalue weighted by Crippen LogP contribution is 2.14. The number of hydrogen-bond acceptors (Lipinski definition) is 2. The summed E-state index contributed by atoms with van der Waals surface area (Å²) in [5, 5.41) is 6.98. The lowest BCUT2D eigenvalue weighted by Gasteiger charge is -2.13. The van der Waals surface area contributed by atoms with E-state index in [1.54, 1.807) is 17.4 Å². The lowest BCUT2D eigenvalue weighted by molar-refractivity contribution is -0.117. The molecule has 1 N–H and O–H groups in total. The second kappa shape index (κ2) is 7.06. The molecule has 0 aliphatic heterocycles. The molecular formula is C17H19NOS. The van der Waals surface area contributed by atoms with Gasteiger partial charge in [-0.05, 0) is 52.9 Å². The van der Waals surface area contributed by atoms with Crippen molar-refractivity contribution in [1.29, 1.82) is 0 Å². The summed E-state index contributed by atoms with van der Waals surface area (Å²) in [6.45, 7) is 4.13. The van der Waals surface area contributed by atoms with Gasteiger partial charge in [0, 0.05) is 6.08 Å². The molecule has 0 spiro atoms. The maximum atomic E-state index is 11.9. The molecule has 0 saturated heterocycles. The summed E-state index contributed by atoms with van der Waals surface area (Å²) in [6.07, 6.45) is 4.45. The van der Waals surface area contributed by atoms with Crippen LogP contribution in [-0.2, 0) is 11.2 Å². The minimum atomic E-state index is -0.0664. The topological polar surface area (TPSA) is 29.1 Å². The smallest absolute Gasteiger partial charge is 0.244 e. The molecule has 1 atom stereocenters. The van der Waals surface area contributed by atoms with Gasteiger partial charge in [0.25, 0.3) is 0 Å². The van der Waals surface area contributed by atoms with Crippen LogP contribution in [0.25, 0.3) is 6.08 Å². The Morgan fingerprint density at radius 2 is 2.05 bits per heavy atom. The number of nitrogens with one attached hydrogen (secondary N) is 1. The molecule has 104 valence electrons. The van der Waals surface area contributed by atoms with Crippen LogP contribution in [0.5, 0.6) is 0 Å². The largest absolute Gasteiger partial charge is 0.346 e. The zero-order chi connectivity index (χ0) is 14.4. The van der Waals surface area contributed by atoms with Crippen molar-refractivity contribution < 1.29 is 4.79 Å². The fraction of sp³-hybridized carbons (Fsp3) is 0.235. The molecule has 1 unspecified atom stereocenters. The summed E-state index contributed by atoms with van der Waals surface area (Å²) in [6, 6.07) is 10.4. The van der Waals surface area contributed by atoms with Crippen molar-refractivity contribution in [3.8, 4) is 0 Å². The molecular weight excluding hydrogens is 266 g/mol. The molecule has 1 aromatic carbocycles. The number of hydrogen-bond donors (Lipinski definition) is 1. The van der Waals surface area contributed by atoms with Gasteiger partial charge in [-0.3, -0.25) is 4.79 Å². The van der Waals surface area contributed by atoms with Crippen LogP contribution in [-0.4, -0.2) is 5.91 Å². The van der Waals surface area contributed by atoms with Crippen LogP contribution in [0, 0.1) is 0 Å². The highest BCUT2D eigenvalue weighted by molar-refractivity contribution is 7.08. The first-order chi connectivity index (χ1) is 9.69. The Balaban J connectivity index is 1.92. The first-order valence-corrected chi connectivity index (χ1v) is 7.73. The summed E-state index contributed by atoms with van der Waals surface area (Å²) in [7, 11) is 0. The zero-order valence-electron chi connectivity index (χ0n) is 11.8. The van der Waals surface area contributed by atoms with Crippen molar-refractivity contribution in [3.63, 3.8) is 0 Å². The summed E-state index contributed by atoms with van der Waals surface area (Å²) >= 11 is 1.62. The molecule has 3 heteroatoms. The quantitative estimate of drug-likeness (QED) is 0.820. The van der Waals surface area contributed by atoms with E-state index in [1.807, 2.05) is 29.8 Å². The van der Waals surface area contributed by atoms with E-state index in [1.165, 1.54) is 5.56 Å². The molecule has 0 aliphatic rings. The Labute approximate surface area is 124 Å². The molecule has 1 aromatic heterocycles. The molecule has 20 heavy (non-hydrogen) atoms. The Kier molecular flexibility index (Phi) is 5.13. The Morgan fingerprint density at radius 3 is 2.65 bits per heavy atom. The van der Waals surface area contributed by atoms with Crippen LogP contribution in [0.15, 0.2) is 47.2 Å². The third-order valence-electron chi connectivity index (χ3n) is 3.22. The molecule has 1 heterocycles. The highest BCUT2D eigenvalue weighted by atomic mass is 32.1. The lowest BCUT2D eigenvalue weighted by Crippen LogP contribution is -2.24. The summed E-state index contributed by atoms with van der Waals surface area (Å²) < 4.78 is 0. The second-order valence-electron chi connectivity index (χ2n) is 4.72. The number of aryl methyl sites for hydroxylation is 1. The predicted octanol–water partition coefficient (Wildman–Crippen LogP) is 4.20. The molecule has 0 fully saturated rings. The molecule has 0 bridgehead atoms. The van der Waals surface area contributed by atoms with Crippen LogP contribution in [0.1, 0.15) is 36.6 Å². The number of rotatable bonds is 5. The summed E-state index contributed by atoms with van der Waals surface area (Å²) in [5.41, 5.74) is 3.49. The second-order valence-corrected chi connectivity index (χ2v) is 5.50. The number of thiophene rings is 1. The van der Waals surface area contributed by atoms with Crippen LogP contribution in [0.2, 0.25) is 0 Å². The van der Waals surface area contributed by atoms with E-state index in [2.05, 4.69) is 36.5 Å².